The third-order valence-corrected chi connectivity index (χ3v) is 19.2. The predicted molar refractivity (Wildman–Crippen MR) is 376 cm³/mol. The number of carbonyl (C=O) groups excluding carboxylic acids is 12. The quantitative estimate of drug-likeness (QED) is 0.138. The fourth-order valence-electron chi connectivity index (χ4n) is 12.4. The van der Waals surface area contributed by atoms with Crippen LogP contribution in [-0.2, 0) is 76.8 Å². The predicted octanol–water partition coefficient (Wildman–Crippen LogP) is 3.44. The third kappa shape index (κ3) is 23.2. The Hall–Kier alpha value is -8.74. The summed E-state index contributed by atoms with van der Waals surface area (Å²) >= 11 is 0. The van der Waals surface area contributed by atoms with Crippen molar-refractivity contribution in [2.24, 2.45) is 17.8 Å². The minimum atomic E-state index is -1.66. The van der Waals surface area contributed by atoms with E-state index in [4.69, 9.17) is 0 Å². The second-order valence-electron chi connectivity index (χ2n) is 27.9. The van der Waals surface area contributed by atoms with Gasteiger partial charge in [-0.25, -0.2) is 0 Å². The van der Waals surface area contributed by atoms with E-state index in [0.717, 1.165) is 26.7 Å². The van der Waals surface area contributed by atoms with Crippen molar-refractivity contribution in [2.75, 3.05) is 75.5 Å². The Labute approximate surface area is 585 Å². The van der Waals surface area contributed by atoms with Crippen LogP contribution < -0.4 is 21.3 Å². The van der Waals surface area contributed by atoms with Crippen molar-refractivity contribution in [3.8, 4) is 0 Å². The third-order valence-electron chi connectivity index (χ3n) is 19.2. The van der Waals surface area contributed by atoms with Crippen LogP contribution in [0.1, 0.15) is 130 Å². The summed E-state index contributed by atoms with van der Waals surface area (Å²) in [4.78, 5) is 187. The first-order valence-electron chi connectivity index (χ1n) is 34.9. The molecule has 0 spiro atoms. The number of likely N-dealkylation sites (N-methyl/N-ethyl adjacent to an activating group) is 7. The lowest BCUT2D eigenvalue weighted by molar-refractivity contribution is -0.150. The van der Waals surface area contributed by atoms with Crippen molar-refractivity contribution in [1.29, 1.82) is 0 Å². The molecule has 5 rings (SSSR count). The van der Waals surface area contributed by atoms with Gasteiger partial charge in [0, 0.05) is 75.3 Å². The van der Waals surface area contributed by atoms with Crippen LogP contribution in [0.25, 0.3) is 0 Å². The molecule has 544 valence electrons. The summed E-state index contributed by atoms with van der Waals surface area (Å²) < 4.78 is 0. The van der Waals surface area contributed by atoms with Crippen LogP contribution in [0, 0.1) is 17.8 Å². The standard InChI is InChI=1S/C74H110N12O13/c1-16-49(6)64-74(99)85(15)58(41-48(4)5)68(93)78-65(51(8)87)73(98)80(10)46-63(90)83(13)60(43-54-34-25-19-26-35-54)72(97)84(14)57(40-47(2)3)67(92)75-55(37-29-36-52-30-21-17-22-31-52)70(95)81(11)50(7)66(91)76-56(71(96)86-38-27-20-28-39-86)44-61(88)79(9)45-62(89)82(12)59(69(94)77-64)42-53-32-23-18-24-33-53/h17-19,21-26,30-35,47-51,55-60,64-65,87H,16,20,27-29,36-46H2,1-15H3,(H,75,92)(H,76,91)(H,77,94)(H,78,93)/t49-,50-,51+,55-,56-,57-,58-,59-,60-,64-,65-/m0/s1. The summed E-state index contributed by atoms with van der Waals surface area (Å²) in [5.41, 5.74) is 2.28. The molecule has 12 amide bonds. The van der Waals surface area contributed by atoms with E-state index in [2.05, 4.69) is 21.3 Å². The Morgan fingerprint density at radius 1 is 0.485 bits per heavy atom. The first-order valence-corrected chi connectivity index (χ1v) is 34.9. The van der Waals surface area contributed by atoms with E-state index in [-0.39, 0.29) is 43.9 Å². The molecule has 0 radical (unpaired) electrons. The number of carbonyl (C=O) groups is 12. The zero-order valence-electron chi connectivity index (χ0n) is 60.9. The lowest BCUT2D eigenvalue weighted by atomic mass is 9.94. The highest BCUT2D eigenvalue weighted by Crippen LogP contribution is 2.23. The van der Waals surface area contributed by atoms with Gasteiger partial charge in [0.25, 0.3) is 0 Å². The maximum absolute atomic E-state index is 15.3. The monoisotopic (exact) mass is 1370 g/mol. The maximum atomic E-state index is 15.3. The number of aryl methyl sites for hydroxylation is 1. The zero-order chi connectivity index (χ0) is 73.5. The Morgan fingerprint density at radius 3 is 1.44 bits per heavy atom. The second-order valence-corrected chi connectivity index (χ2v) is 27.9. The van der Waals surface area contributed by atoms with Crippen LogP contribution in [0.15, 0.2) is 91.0 Å². The van der Waals surface area contributed by atoms with Crippen molar-refractivity contribution in [1.82, 2.24) is 60.5 Å². The fraction of sp³-hybridized carbons (Fsp3) is 0.595. The van der Waals surface area contributed by atoms with Crippen LogP contribution in [0.3, 0.4) is 0 Å². The zero-order valence-corrected chi connectivity index (χ0v) is 60.9. The molecule has 25 nitrogen and oxygen atoms in total. The molecule has 3 aromatic carbocycles. The van der Waals surface area contributed by atoms with Crippen molar-refractivity contribution in [3.63, 3.8) is 0 Å². The van der Waals surface area contributed by atoms with Crippen LogP contribution >= 0.6 is 0 Å². The maximum Gasteiger partial charge on any atom is 0.248 e. The molecule has 2 aliphatic heterocycles. The molecular formula is C74H110N12O13. The highest BCUT2D eigenvalue weighted by Gasteiger charge is 2.43. The van der Waals surface area contributed by atoms with Gasteiger partial charge >= 0.3 is 0 Å². The molecule has 0 saturated carbocycles. The molecule has 99 heavy (non-hydrogen) atoms. The van der Waals surface area contributed by atoms with Gasteiger partial charge in [0.15, 0.2) is 0 Å². The number of benzene rings is 3. The minimum absolute atomic E-state index is 0.0376. The average molecular weight is 1380 g/mol. The Balaban J connectivity index is 1.64. The fourth-order valence-corrected chi connectivity index (χ4v) is 12.4. The number of amides is 12. The molecule has 11 atom stereocenters. The molecule has 2 aliphatic rings. The van der Waals surface area contributed by atoms with Crippen molar-refractivity contribution < 1.29 is 62.6 Å². The van der Waals surface area contributed by atoms with Crippen LogP contribution in [0.4, 0.5) is 0 Å². The number of aliphatic hydroxyl groups is 1. The molecule has 2 saturated heterocycles. The number of piperidine rings is 1. The van der Waals surface area contributed by atoms with E-state index >= 15 is 19.2 Å². The van der Waals surface area contributed by atoms with Gasteiger partial charge in [-0.05, 0) is 99.7 Å². The lowest BCUT2D eigenvalue weighted by Gasteiger charge is -2.37. The second kappa shape index (κ2) is 38.6. The summed E-state index contributed by atoms with van der Waals surface area (Å²) in [7, 11) is 9.70. The van der Waals surface area contributed by atoms with Gasteiger partial charge in [-0.2, -0.15) is 0 Å². The molecule has 0 bridgehead atoms. The number of likely N-dealkylation sites (tertiary alicyclic amines) is 1. The smallest absolute Gasteiger partial charge is 0.248 e. The van der Waals surface area contributed by atoms with Gasteiger partial charge < -0.3 is 65.6 Å². The number of hydrogen-bond acceptors (Lipinski definition) is 13. The van der Waals surface area contributed by atoms with Gasteiger partial charge in [-0.15, -0.1) is 0 Å². The number of rotatable bonds is 16. The molecule has 0 aromatic heterocycles. The topological polar surface area (TPSA) is 299 Å². The van der Waals surface area contributed by atoms with Crippen molar-refractivity contribution in [2.45, 2.75) is 193 Å². The Kier molecular flexibility index (Phi) is 31.5. The first-order chi connectivity index (χ1) is 46.8. The van der Waals surface area contributed by atoms with Crippen LogP contribution in [0.5, 0.6) is 0 Å². The molecule has 3 aromatic rings. The SMILES string of the molecule is CC[C@H](C)[C@@H]1NC(=O)[C@H](Cc2ccccc2)N(C)C(=O)CN(C)C(=O)C[C@@H](C(=O)N2CCCCC2)NC(=O)[C@H](C)N(C)C(=O)[C@H](CCCc2ccccc2)NC(=O)[C@H](CC(C)C)N(C)C(=O)[C@H](Cc2ccccc2)N(C)C(=O)CN(C)C(=O)[C@H]([C@@H](C)O)NC(=O)[C@H](CC(C)C)N(C)C1=O. The van der Waals surface area contributed by atoms with Crippen LogP contribution in [-0.4, -0.2) is 251 Å². The summed E-state index contributed by atoms with van der Waals surface area (Å²) in [5.74, 6) is -9.56. The van der Waals surface area contributed by atoms with Gasteiger partial charge in [0.1, 0.15) is 54.4 Å². The number of nitrogens with zero attached hydrogens (tertiary/aromatic N) is 8. The van der Waals surface area contributed by atoms with E-state index in [9.17, 15) is 43.5 Å². The van der Waals surface area contributed by atoms with Gasteiger partial charge in [0.05, 0.1) is 25.6 Å². The summed E-state index contributed by atoms with van der Waals surface area (Å²) in [5, 5.41) is 22.5. The highest BCUT2D eigenvalue weighted by molar-refractivity contribution is 6.00. The molecule has 0 unspecified atom stereocenters. The van der Waals surface area contributed by atoms with E-state index < -0.39 is 157 Å². The van der Waals surface area contributed by atoms with Gasteiger partial charge in [-0.1, -0.05) is 139 Å². The number of hydrogen-bond donors (Lipinski definition) is 5. The normalized spacial score (nSPS) is 24.6. The molecule has 2 fully saturated rings. The molecule has 5 N–H and O–H groups in total. The Morgan fingerprint density at radius 2 is 0.939 bits per heavy atom. The average Bonchev–Trinajstić information content (AvgIpc) is 0.834. The Bertz CT molecular complexity index is 3220. The molecule has 25 heteroatoms. The first kappa shape index (κ1) is 80.9. The van der Waals surface area contributed by atoms with E-state index in [0.29, 0.717) is 56.3 Å². The largest absolute Gasteiger partial charge is 0.391 e. The van der Waals surface area contributed by atoms with Gasteiger partial charge in [-0.3, -0.25) is 57.5 Å². The summed E-state index contributed by atoms with van der Waals surface area (Å²) in [6.45, 7) is 13.2. The molecule has 2 heterocycles. The molecular weight excluding hydrogens is 1260 g/mol. The number of nitrogens with one attached hydrogen (secondary N) is 4. The highest BCUT2D eigenvalue weighted by atomic mass is 16.3. The minimum Gasteiger partial charge on any atom is -0.391 e. The van der Waals surface area contributed by atoms with E-state index in [1.807, 2.05) is 65.0 Å². The van der Waals surface area contributed by atoms with Crippen molar-refractivity contribution >= 4 is 70.9 Å². The van der Waals surface area contributed by atoms with Gasteiger partial charge in [0.2, 0.25) is 70.9 Å². The number of aliphatic hydroxyl groups excluding tert-OH is 1. The van der Waals surface area contributed by atoms with E-state index in [1.165, 1.54) is 82.8 Å². The lowest BCUT2D eigenvalue weighted by Crippen LogP contribution is -2.62. The van der Waals surface area contributed by atoms with Crippen LogP contribution in [0.2, 0.25) is 0 Å². The summed E-state index contributed by atoms with van der Waals surface area (Å²) in [6.07, 6.45) is 1.53. The van der Waals surface area contributed by atoms with E-state index in [1.54, 1.807) is 72.5 Å². The molecule has 0 aliphatic carbocycles. The van der Waals surface area contributed by atoms with Crippen molar-refractivity contribution in [3.05, 3.63) is 108 Å². The summed E-state index contributed by atoms with van der Waals surface area (Å²) in [6, 6.07) is 15.2.